The Morgan fingerprint density at radius 3 is 1.37 bits per heavy atom. The Morgan fingerprint density at radius 2 is 0.804 bits per heavy atom. The van der Waals surface area contributed by atoms with Crippen LogP contribution in [0.15, 0.2) is 176 Å². The van der Waals surface area contributed by atoms with Crippen LogP contribution >= 0.6 is 0 Å². The van der Waals surface area contributed by atoms with E-state index in [0.717, 1.165) is 29.5 Å². The number of aromatic nitrogens is 3. The van der Waals surface area contributed by atoms with Gasteiger partial charge < -0.3 is 0 Å². The van der Waals surface area contributed by atoms with Crippen molar-refractivity contribution in [1.29, 1.82) is 0 Å². The van der Waals surface area contributed by atoms with E-state index in [1.807, 2.05) is 60.7 Å². The van der Waals surface area contributed by atoms with Crippen LogP contribution < -0.4 is 0 Å². The van der Waals surface area contributed by atoms with E-state index in [1.165, 1.54) is 44.2 Å². The van der Waals surface area contributed by atoms with Crippen molar-refractivity contribution in [3.8, 4) is 56.4 Å². The van der Waals surface area contributed by atoms with Crippen LogP contribution in [0.5, 0.6) is 0 Å². The van der Waals surface area contributed by atoms with Gasteiger partial charge in [0.25, 0.3) is 0 Å². The third-order valence-electron chi connectivity index (χ3n) is 10.3. The summed E-state index contributed by atoms with van der Waals surface area (Å²) in [4.78, 5) is 14.8. The van der Waals surface area contributed by atoms with E-state index in [9.17, 15) is 0 Å². The van der Waals surface area contributed by atoms with Crippen molar-refractivity contribution in [3.05, 3.63) is 187 Å². The van der Waals surface area contributed by atoms with Gasteiger partial charge in [0.05, 0.1) is 0 Å². The molecule has 0 radical (unpaired) electrons. The smallest absolute Gasteiger partial charge is 0.164 e. The quantitative estimate of drug-likeness (QED) is 0.155. The van der Waals surface area contributed by atoms with Crippen LogP contribution in [-0.2, 0) is 5.41 Å². The highest BCUT2D eigenvalue weighted by molar-refractivity contribution is 5.97. The average molecular weight is 658 g/mol. The fourth-order valence-electron chi connectivity index (χ4n) is 7.43. The van der Waals surface area contributed by atoms with E-state index in [1.54, 1.807) is 0 Å². The van der Waals surface area contributed by atoms with Crippen LogP contribution in [0.3, 0.4) is 0 Å². The van der Waals surface area contributed by atoms with E-state index in [2.05, 4.69) is 129 Å². The highest BCUT2D eigenvalue weighted by atomic mass is 15.0. The molecule has 0 atom stereocenters. The molecule has 0 amide bonds. The number of hydrogen-bond acceptors (Lipinski definition) is 3. The minimum atomic E-state index is -0.120. The van der Waals surface area contributed by atoms with Crippen molar-refractivity contribution < 1.29 is 0 Å². The van der Waals surface area contributed by atoms with Gasteiger partial charge in [0, 0.05) is 22.1 Å². The molecule has 0 aliphatic heterocycles. The Kier molecular flexibility index (Phi) is 8.78. The molecule has 0 spiro atoms. The van der Waals surface area contributed by atoms with Gasteiger partial charge in [-0.25, -0.2) is 15.0 Å². The molecule has 0 unspecified atom stereocenters. The molecule has 0 fully saturated rings. The van der Waals surface area contributed by atoms with Gasteiger partial charge in [-0.05, 0) is 63.1 Å². The van der Waals surface area contributed by atoms with E-state index >= 15 is 0 Å². The van der Waals surface area contributed by atoms with Crippen molar-refractivity contribution in [2.24, 2.45) is 0 Å². The number of rotatable bonds is 9. The molecule has 0 N–H and O–H groups in total. The predicted molar refractivity (Wildman–Crippen MR) is 212 cm³/mol. The van der Waals surface area contributed by atoms with E-state index in [0.29, 0.717) is 17.5 Å². The summed E-state index contributed by atoms with van der Waals surface area (Å²) < 4.78 is 0. The average Bonchev–Trinajstić information content (AvgIpc) is 3.22. The summed E-state index contributed by atoms with van der Waals surface area (Å²) in [6.07, 6.45) is 1.97. The fraction of sp³-hybridized carbons (Fsp3) is 0.104. The van der Waals surface area contributed by atoms with Crippen molar-refractivity contribution in [1.82, 2.24) is 15.0 Å². The molecule has 0 aliphatic carbocycles. The van der Waals surface area contributed by atoms with E-state index in [-0.39, 0.29) is 5.41 Å². The van der Waals surface area contributed by atoms with Gasteiger partial charge in [-0.15, -0.1) is 0 Å². The zero-order chi connectivity index (χ0) is 34.6. The third kappa shape index (κ3) is 6.24. The Morgan fingerprint density at radius 1 is 0.373 bits per heavy atom. The van der Waals surface area contributed by atoms with Crippen molar-refractivity contribution >= 4 is 10.8 Å². The van der Waals surface area contributed by atoms with Gasteiger partial charge in [0.1, 0.15) is 0 Å². The Hall–Kier alpha value is -6.19. The molecule has 0 saturated carbocycles. The molecule has 0 bridgehead atoms. The molecule has 8 rings (SSSR count). The van der Waals surface area contributed by atoms with Gasteiger partial charge in [0.15, 0.2) is 17.5 Å². The largest absolute Gasteiger partial charge is 0.208 e. The number of benzene rings is 7. The zero-order valence-electron chi connectivity index (χ0n) is 29.0. The second-order valence-corrected chi connectivity index (χ2v) is 13.1. The first-order chi connectivity index (χ1) is 25.1. The Balaban J connectivity index is 1.11. The van der Waals surface area contributed by atoms with Crippen molar-refractivity contribution in [2.45, 2.75) is 32.1 Å². The monoisotopic (exact) mass is 657 g/mol. The molecular weight excluding hydrogens is 619 g/mol. The summed E-state index contributed by atoms with van der Waals surface area (Å²) in [6.45, 7) is 4.59. The maximum absolute atomic E-state index is 4.95. The summed E-state index contributed by atoms with van der Waals surface area (Å²) in [7, 11) is 0. The lowest BCUT2D eigenvalue weighted by atomic mass is 9.70. The summed E-state index contributed by atoms with van der Waals surface area (Å²) in [5.74, 6) is 2.01. The maximum Gasteiger partial charge on any atom is 0.164 e. The molecule has 246 valence electrons. The summed E-state index contributed by atoms with van der Waals surface area (Å²) >= 11 is 0. The van der Waals surface area contributed by atoms with E-state index in [4.69, 9.17) is 15.0 Å². The highest BCUT2D eigenvalue weighted by Gasteiger charge is 2.30. The molecule has 51 heavy (non-hydrogen) atoms. The molecular formula is C48H39N3. The summed E-state index contributed by atoms with van der Waals surface area (Å²) in [5.41, 5.74) is 10.3. The Labute approximate surface area is 300 Å². The van der Waals surface area contributed by atoms with Gasteiger partial charge in [0.2, 0.25) is 0 Å². The maximum atomic E-state index is 4.95. The first-order valence-corrected chi connectivity index (χ1v) is 17.8. The molecule has 7 aromatic carbocycles. The van der Waals surface area contributed by atoms with Crippen LogP contribution in [0.2, 0.25) is 0 Å². The van der Waals surface area contributed by atoms with Gasteiger partial charge in [-0.1, -0.05) is 184 Å². The number of nitrogens with zero attached hydrogens (tertiary/aromatic N) is 3. The first kappa shape index (κ1) is 32.0. The fourth-order valence-corrected chi connectivity index (χ4v) is 7.43. The minimum absolute atomic E-state index is 0.120. The zero-order valence-corrected chi connectivity index (χ0v) is 29.0. The molecule has 3 heteroatoms. The summed E-state index contributed by atoms with van der Waals surface area (Å²) in [6, 6.07) is 62.4. The lowest BCUT2D eigenvalue weighted by Gasteiger charge is -2.33. The third-order valence-corrected chi connectivity index (χ3v) is 10.3. The molecule has 1 heterocycles. The normalized spacial score (nSPS) is 11.5. The second-order valence-electron chi connectivity index (χ2n) is 13.1. The Bertz CT molecular complexity index is 2350. The van der Waals surface area contributed by atoms with Gasteiger partial charge >= 0.3 is 0 Å². The minimum Gasteiger partial charge on any atom is -0.208 e. The van der Waals surface area contributed by atoms with E-state index < -0.39 is 0 Å². The number of fused-ring (bicyclic) bond motifs is 1. The first-order valence-electron chi connectivity index (χ1n) is 17.8. The second kappa shape index (κ2) is 14.0. The van der Waals surface area contributed by atoms with Crippen molar-refractivity contribution in [3.63, 3.8) is 0 Å². The highest BCUT2D eigenvalue weighted by Crippen LogP contribution is 2.41. The van der Waals surface area contributed by atoms with Crippen molar-refractivity contribution in [2.75, 3.05) is 0 Å². The lowest BCUT2D eigenvalue weighted by molar-refractivity contribution is 0.478. The molecule has 3 nitrogen and oxygen atoms in total. The van der Waals surface area contributed by atoms with Crippen LogP contribution in [0.1, 0.15) is 37.8 Å². The standard InChI is InChI=1S/C48H39N3/c1-3-48(4-2,41-29-25-34(26-30-41)39-21-13-22-40(33-39)44-24-14-20-35-15-11-12-23-43(35)44)42-31-27-38(28-32-42)47-50-45(36-16-7-5-8-17-36)49-46(51-47)37-18-9-6-10-19-37/h5-33H,3-4H2,1-2H3. The molecule has 0 aliphatic rings. The van der Waals surface area contributed by atoms with Crippen LogP contribution in [-0.4, -0.2) is 15.0 Å². The lowest BCUT2D eigenvalue weighted by Crippen LogP contribution is -2.26. The predicted octanol–water partition coefficient (Wildman–Crippen LogP) is 12.5. The number of hydrogen-bond donors (Lipinski definition) is 0. The molecule has 0 saturated heterocycles. The molecule has 8 aromatic rings. The van der Waals surface area contributed by atoms with Gasteiger partial charge in [-0.2, -0.15) is 0 Å². The van der Waals surface area contributed by atoms with Gasteiger partial charge in [-0.3, -0.25) is 0 Å². The molecule has 1 aromatic heterocycles. The van der Waals surface area contributed by atoms with Crippen LogP contribution in [0.25, 0.3) is 67.2 Å². The SMILES string of the molecule is CCC(CC)(c1ccc(-c2cccc(-c3cccc4ccccc34)c2)cc1)c1ccc(-c2nc(-c3ccccc3)nc(-c3ccccc3)n2)cc1. The van der Waals surface area contributed by atoms with Crippen LogP contribution in [0.4, 0.5) is 0 Å². The summed E-state index contributed by atoms with van der Waals surface area (Å²) in [5, 5.41) is 2.54. The topological polar surface area (TPSA) is 38.7 Å². The van der Waals surface area contributed by atoms with Crippen LogP contribution in [0, 0.1) is 0 Å².